The van der Waals surface area contributed by atoms with Crippen LogP contribution in [0.3, 0.4) is 0 Å². The van der Waals surface area contributed by atoms with Gasteiger partial charge >= 0.3 is 0 Å². The highest BCUT2D eigenvalue weighted by Gasteiger charge is 2.29. The van der Waals surface area contributed by atoms with E-state index < -0.39 is 6.85 Å². The number of phenolic OH excluding ortho intramolecular Hbond substituents is 2. The second-order valence-electron chi connectivity index (χ2n) is 5.61. The molecule has 0 saturated carbocycles. The lowest BCUT2D eigenvalue weighted by atomic mass is 9.73. The maximum Gasteiger partial charge on any atom is 0.123 e. The van der Waals surface area contributed by atoms with E-state index >= 15 is 0 Å². The fraction of sp³-hybridized carbons (Fsp3) is 0.444. The Morgan fingerprint density at radius 3 is 2.55 bits per heavy atom. The summed E-state index contributed by atoms with van der Waals surface area (Å²) in [4.78, 5) is 0. The van der Waals surface area contributed by atoms with Crippen LogP contribution in [0.2, 0.25) is 0 Å². The summed E-state index contributed by atoms with van der Waals surface area (Å²) in [5.74, 6) is -0.338. The highest BCUT2D eigenvalue weighted by atomic mass is 16.3. The number of aryl methyl sites for hydroxylation is 1. The second-order valence-corrected chi connectivity index (χ2v) is 5.61. The first-order valence-electron chi connectivity index (χ1n) is 8.56. The van der Waals surface area contributed by atoms with Crippen LogP contribution >= 0.6 is 0 Å². The van der Waals surface area contributed by atoms with Crippen LogP contribution in [-0.4, -0.2) is 10.2 Å². The van der Waals surface area contributed by atoms with Crippen molar-refractivity contribution in [2.75, 3.05) is 0 Å². The molecule has 1 aliphatic carbocycles. The lowest BCUT2D eigenvalue weighted by Gasteiger charge is -2.31. The topological polar surface area (TPSA) is 40.5 Å². The molecule has 2 heteroatoms. The molecule has 20 heavy (non-hydrogen) atoms. The van der Waals surface area contributed by atoms with Crippen molar-refractivity contribution in [3.63, 3.8) is 0 Å². The Morgan fingerprint density at radius 2 is 2.05 bits per heavy atom. The zero-order valence-electron chi connectivity index (χ0n) is 15.1. The van der Waals surface area contributed by atoms with Crippen molar-refractivity contribution in [1.82, 2.24) is 0 Å². The van der Waals surface area contributed by atoms with Gasteiger partial charge in [0.1, 0.15) is 11.5 Å². The quantitative estimate of drug-likeness (QED) is 0.787. The average Bonchev–Trinajstić information content (AvgIpc) is 2.45. The summed E-state index contributed by atoms with van der Waals surface area (Å²) in [6.07, 6.45) is 3.53. The summed E-state index contributed by atoms with van der Waals surface area (Å²) in [5, 5.41) is 20.8. The predicted molar refractivity (Wildman–Crippen MR) is 83.2 cm³/mol. The summed E-state index contributed by atoms with van der Waals surface area (Å²) in [6.45, 7) is 5.70. The first-order chi connectivity index (χ1) is 10.6. The molecule has 0 heterocycles. The van der Waals surface area contributed by atoms with Crippen molar-refractivity contribution in [3.05, 3.63) is 47.1 Å². The number of allylic oxidation sites excluding steroid dienone is 3. The normalized spacial score (nSPS) is 25.3. The standard InChI is InChI=1S/C18H24O2/c1-5-13-9-16(19)18(17(20)10-13)15-8-12(4)6-7-14(15)11(2)3/h8-10,14-15,19-20H,2,5-7H2,1,3-4H3/t14?,15-/m0/s1/i4D3. The molecule has 1 unspecified atom stereocenters. The fourth-order valence-corrected chi connectivity index (χ4v) is 2.97. The third kappa shape index (κ3) is 2.74. The minimum absolute atomic E-state index is 0.00498. The number of hydrogen-bond acceptors (Lipinski definition) is 2. The highest BCUT2D eigenvalue weighted by molar-refractivity contribution is 5.51. The average molecular weight is 275 g/mol. The van der Waals surface area contributed by atoms with Crippen LogP contribution in [0.1, 0.15) is 54.7 Å². The Hall–Kier alpha value is -1.70. The van der Waals surface area contributed by atoms with E-state index in [1.807, 2.05) is 13.8 Å². The van der Waals surface area contributed by atoms with Gasteiger partial charge < -0.3 is 10.2 Å². The van der Waals surface area contributed by atoms with E-state index in [9.17, 15) is 10.2 Å². The molecular formula is C18H24O2. The molecule has 2 atom stereocenters. The molecule has 0 saturated heterocycles. The van der Waals surface area contributed by atoms with Crippen molar-refractivity contribution in [3.8, 4) is 11.5 Å². The van der Waals surface area contributed by atoms with Gasteiger partial charge in [0, 0.05) is 15.6 Å². The monoisotopic (exact) mass is 275 g/mol. The van der Waals surface area contributed by atoms with Crippen molar-refractivity contribution in [1.29, 1.82) is 0 Å². The molecular weight excluding hydrogens is 248 g/mol. The van der Waals surface area contributed by atoms with Crippen LogP contribution in [0.15, 0.2) is 35.9 Å². The lowest BCUT2D eigenvalue weighted by molar-refractivity contribution is 0.406. The first kappa shape index (κ1) is 11.0. The van der Waals surface area contributed by atoms with Crippen molar-refractivity contribution in [2.45, 2.75) is 45.9 Å². The van der Waals surface area contributed by atoms with Gasteiger partial charge in [0.15, 0.2) is 0 Å². The minimum atomic E-state index is -2.15. The number of phenols is 2. The van der Waals surface area contributed by atoms with E-state index in [2.05, 4.69) is 6.58 Å². The molecule has 0 fully saturated rings. The first-order valence-corrected chi connectivity index (χ1v) is 7.06. The van der Waals surface area contributed by atoms with Crippen LogP contribution in [0, 0.1) is 5.92 Å². The maximum atomic E-state index is 10.4. The molecule has 2 nitrogen and oxygen atoms in total. The maximum absolute atomic E-state index is 10.4. The van der Waals surface area contributed by atoms with Crippen LogP contribution in [-0.2, 0) is 6.42 Å². The van der Waals surface area contributed by atoms with Gasteiger partial charge in [0.2, 0.25) is 0 Å². The molecule has 1 aliphatic rings. The third-order valence-corrected chi connectivity index (χ3v) is 4.11. The zero-order chi connectivity index (χ0) is 17.4. The van der Waals surface area contributed by atoms with E-state index in [0.29, 0.717) is 30.4 Å². The number of aromatic hydroxyl groups is 2. The molecule has 2 N–H and O–H groups in total. The summed E-state index contributed by atoms with van der Waals surface area (Å²) in [5.41, 5.74) is 2.55. The van der Waals surface area contributed by atoms with Gasteiger partial charge in [-0.15, -0.1) is 0 Å². The van der Waals surface area contributed by atoms with Gasteiger partial charge in [0.25, 0.3) is 0 Å². The van der Waals surface area contributed by atoms with Crippen LogP contribution < -0.4 is 0 Å². The van der Waals surface area contributed by atoms with Gasteiger partial charge in [-0.05, 0) is 56.7 Å². The molecule has 1 aromatic carbocycles. The Morgan fingerprint density at radius 1 is 1.40 bits per heavy atom. The Balaban J connectivity index is 2.58. The van der Waals surface area contributed by atoms with Gasteiger partial charge in [-0.3, -0.25) is 0 Å². The third-order valence-electron chi connectivity index (χ3n) is 4.11. The summed E-state index contributed by atoms with van der Waals surface area (Å²) < 4.78 is 22.9. The summed E-state index contributed by atoms with van der Waals surface area (Å²) in [7, 11) is 0. The molecule has 0 aliphatic heterocycles. The Labute approximate surface area is 125 Å². The van der Waals surface area contributed by atoms with Crippen molar-refractivity contribution in [2.24, 2.45) is 5.92 Å². The van der Waals surface area contributed by atoms with Crippen LogP contribution in [0.5, 0.6) is 11.5 Å². The SMILES string of the molecule is [2H]C([2H])([2H])C1=C[C@H](c2c(O)cc(CC)cc2O)C(C(=C)C)CC1. The highest BCUT2D eigenvalue weighted by Crippen LogP contribution is 2.46. The predicted octanol–water partition coefficient (Wildman–Crippen LogP) is 4.68. The minimum Gasteiger partial charge on any atom is -0.507 e. The summed E-state index contributed by atoms with van der Waals surface area (Å²) in [6, 6.07) is 3.28. The van der Waals surface area contributed by atoms with Crippen LogP contribution in [0.25, 0.3) is 0 Å². The molecule has 0 radical (unpaired) electrons. The molecule has 1 aromatic rings. The molecule has 0 aromatic heterocycles. The molecule has 0 amide bonds. The molecule has 108 valence electrons. The molecule has 2 rings (SSSR count). The van der Waals surface area contributed by atoms with Crippen molar-refractivity contribution >= 4 is 0 Å². The van der Waals surface area contributed by atoms with Gasteiger partial charge in [-0.1, -0.05) is 30.7 Å². The zero-order valence-corrected chi connectivity index (χ0v) is 12.1. The van der Waals surface area contributed by atoms with E-state index in [1.54, 1.807) is 18.2 Å². The van der Waals surface area contributed by atoms with E-state index in [1.165, 1.54) is 0 Å². The smallest absolute Gasteiger partial charge is 0.123 e. The van der Waals surface area contributed by atoms with E-state index in [0.717, 1.165) is 11.1 Å². The van der Waals surface area contributed by atoms with Gasteiger partial charge in [-0.25, -0.2) is 0 Å². The van der Waals surface area contributed by atoms with E-state index in [-0.39, 0.29) is 23.3 Å². The fourth-order valence-electron chi connectivity index (χ4n) is 2.97. The van der Waals surface area contributed by atoms with Crippen LogP contribution in [0.4, 0.5) is 0 Å². The second kappa shape index (κ2) is 5.74. The Bertz CT molecular complexity index is 621. The largest absolute Gasteiger partial charge is 0.507 e. The molecule has 0 bridgehead atoms. The van der Waals surface area contributed by atoms with Crippen molar-refractivity contribution < 1.29 is 14.3 Å². The molecule has 0 spiro atoms. The summed E-state index contributed by atoms with van der Waals surface area (Å²) >= 11 is 0. The Kier molecular flexibility index (Phi) is 3.16. The number of rotatable bonds is 3. The lowest BCUT2D eigenvalue weighted by Crippen LogP contribution is -2.17. The van der Waals surface area contributed by atoms with Gasteiger partial charge in [0.05, 0.1) is 0 Å². The number of benzene rings is 1. The van der Waals surface area contributed by atoms with Gasteiger partial charge in [-0.2, -0.15) is 0 Å². The number of hydrogen-bond donors (Lipinski definition) is 2. The van der Waals surface area contributed by atoms with E-state index in [4.69, 9.17) is 4.11 Å².